The topological polar surface area (TPSA) is 153 Å². The summed E-state index contributed by atoms with van der Waals surface area (Å²) in [5, 5.41) is 2.69. The fourth-order valence-electron chi connectivity index (χ4n) is 3.45. The van der Waals surface area contributed by atoms with Gasteiger partial charge in [-0.15, -0.1) is 0 Å². The van der Waals surface area contributed by atoms with Crippen LogP contribution in [0.25, 0.3) is 0 Å². The third-order valence-electron chi connectivity index (χ3n) is 5.97. The van der Waals surface area contributed by atoms with Gasteiger partial charge in [-0.05, 0) is 33.1 Å². The average molecular weight is 562 g/mol. The lowest BCUT2D eigenvalue weighted by Crippen LogP contribution is -2.42. The van der Waals surface area contributed by atoms with E-state index in [1.165, 1.54) is 6.92 Å². The van der Waals surface area contributed by atoms with Crippen molar-refractivity contribution in [2.24, 2.45) is 11.8 Å². The molecule has 12 nitrogen and oxygen atoms in total. The first kappa shape index (κ1) is 36.6. The van der Waals surface area contributed by atoms with Crippen LogP contribution < -0.4 is 5.32 Å². The summed E-state index contributed by atoms with van der Waals surface area (Å²) in [7, 11) is 3.12. The number of esters is 2. The van der Waals surface area contributed by atoms with E-state index in [4.69, 9.17) is 28.4 Å². The molecule has 0 heterocycles. The summed E-state index contributed by atoms with van der Waals surface area (Å²) >= 11 is 0. The highest BCUT2D eigenvalue weighted by molar-refractivity contribution is 5.92. The molecule has 0 rings (SSSR count). The molecule has 0 aromatic carbocycles. The van der Waals surface area contributed by atoms with Crippen LogP contribution >= 0.6 is 0 Å². The molecule has 1 N–H and O–H groups in total. The second-order valence-electron chi connectivity index (χ2n) is 9.04. The Hall–Kier alpha value is -2.41. The highest BCUT2D eigenvalue weighted by Gasteiger charge is 2.26. The Labute approximate surface area is 231 Å². The summed E-state index contributed by atoms with van der Waals surface area (Å²) in [6, 6.07) is -0.819. The number of carbonyl (C=O) groups excluding carboxylic acids is 5. The van der Waals surface area contributed by atoms with E-state index in [1.54, 1.807) is 21.1 Å². The van der Waals surface area contributed by atoms with Crippen molar-refractivity contribution >= 4 is 29.4 Å². The van der Waals surface area contributed by atoms with Gasteiger partial charge in [0.25, 0.3) is 0 Å². The molecular weight excluding hydrogens is 514 g/mol. The molecule has 0 aromatic heterocycles. The number of methoxy groups -OCH3 is 2. The van der Waals surface area contributed by atoms with Gasteiger partial charge in [-0.1, -0.05) is 6.92 Å². The largest absolute Gasteiger partial charge is 0.463 e. The van der Waals surface area contributed by atoms with Crippen LogP contribution in [0.2, 0.25) is 0 Å². The van der Waals surface area contributed by atoms with E-state index in [9.17, 15) is 24.0 Å². The van der Waals surface area contributed by atoms with Crippen molar-refractivity contribution in [3.63, 3.8) is 0 Å². The van der Waals surface area contributed by atoms with E-state index < -0.39 is 29.8 Å². The third kappa shape index (κ3) is 19.3. The van der Waals surface area contributed by atoms with E-state index in [-0.39, 0.29) is 76.0 Å². The van der Waals surface area contributed by atoms with Crippen LogP contribution in [0.4, 0.5) is 0 Å². The average Bonchev–Trinajstić information content (AvgIpc) is 2.90. The van der Waals surface area contributed by atoms with E-state index in [0.29, 0.717) is 32.8 Å². The number of carbonyl (C=O) groups is 5. The lowest BCUT2D eigenvalue weighted by atomic mass is 9.91. The summed E-state index contributed by atoms with van der Waals surface area (Å²) in [6.45, 7) is 7.17. The van der Waals surface area contributed by atoms with Crippen LogP contribution in [-0.4, -0.2) is 103 Å². The molecule has 1 unspecified atom stereocenters. The molecule has 0 saturated carbocycles. The minimum absolute atomic E-state index is 0.0103. The van der Waals surface area contributed by atoms with Crippen molar-refractivity contribution in [2.75, 3.05) is 67.1 Å². The summed E-state index contributed by atoms with van der Waals surface area (Å²) in [6.07, 6.45) is 0.887. The van der Waals surface area contributed by atoms with E-state index in [1.807, 2.05) is 6.92 Å². The molecule has 0 fully saturated rings. The van der Waals surface area contributed by atoms with Gasteiger partial charge in [-0.3, -0.25) is 24.0 Å². The van der Waals surface area contributed by atoms with Crippen molar-refractivity contribution in [3.05, 3.63) is 0 Å². The molecule has 0 aliphatic heterocycles. The molecule has 0 aliphatic rings. The number of nitrogens with one attached hydrogen (secondary N) is 1. The monoisotopic (exact) mass is 561 g/mol. The molecular formula is C27H47NO11. The molecule has 3 atom stereocenters. The van der Waals surface area contributed by atoms with Crippen molar-refractivity contribution in [1.82, 2.24) is 5.32 Å². The number of ether oxygens (including phenoxy) is 6. The van der Waals surface area contributed by atoms with Crippen molar-refractivity contribution in [3.8, 4) is 0 Å². The van der Waals surface area contributed by atoms with Gasteiger partial charge in [0.1, 0.15) is 19.0 Å². The van der Waals surface area contributed by atoms with Crippen LogP contribution in [0.15, 0.2) is 0 Å². The molecule has 226 valence electrons. The maximum absolute atomic E-state index is 12.7. The van der Waals surface area contributed by atoms with Crippen molar-refractivity contribution in [2.45, 2.75) is 65.3 Å². The number of Topliss-reactive ketones (excluding diaryl/α,β-unsaturated/α-hetero) is 2. The molecule has 39 heavy (non-hydrogen) atoms. The van der Waals surface area contributed by atoms with E-state index in [0.717, 1.165) is 0 Å². The van der Waals surface area contributed by atoms with Gasteiger partial charge in [0, 0.05) is 45.3 Å². The number of rotatable bonds is 25. The van der Waals surface area contributed by atoms with Crippen LogP contribution in [-0.2, 0) is 52.4 Å². The maximum atomic E-state index is 12.7. The minimum Gasteiger partial charge on any atom is -0.463 e. The Bertz CT molecular complexity index is 729. The Kier molecular flexibility index (Phi) is 22.0. The molecule has 0 saturated heterocycles. The Balaban J connectivity index is 4.44. The predicted molar refractivity (Wildman–Crippen MR) is 141 cm³/mol. The van der Waals surface area contributed by atoms with Crippen molar-refractivity contribution < 1.29 is 52.4 Å². The zero-order valence-electron chi connectivity index (χ0n) is 24.1. The quantitative estimate of drug-likeness (QED) is 0.128. The van der Waals surface area contributed by atoms with Crippen molar-refractivity contribution in [1.29, 1.82) is 0 Å². The third-order valence-corrected chi connectivity index (χ3v) is 5.97. The number of ketones is 2. The molecule has 0 spiro atoms. The minimum atomic E-state index is -0.819. The summed E-state index contributed by atoms with van der Waals surface area (Å²) in [4.78, 5) is 61.4. The zero-order chi connectivity index (χ0) is 29.5. The summed E-state index contributed by atoms with van der Waals surface area (Å²) < 4.78 is 30.3. The lowest BCUT2D eigenvalue weighted by Gasteiger charge is -2.20. The molecule has 1 amide bonds. The zero-order valence-corrected chi connectivity index (χ0v) is 24.1. The summed E-state index contributed by atoms with van der Waals surface area (Å²) in [5.41, 5.74) is 0. The molecule has 0 radical (unpaired) electrons. The first-order valence-electron chi connectivity index (χ1n) is 13.4. The second kappa shape index (κ2) is 23.5. The van der Waals surface area contributed by atoms with Gasteiger partial charge < -0.3 is 33.7 Å². The maximum Gasteiger partial charge on any atom is 0.305 e. The van der Waals surface area contributed by atoms with Gasteiger partial charge in [0.05, 0.1) is 45.7 Å². The standard InChI is InChI=1S/C27H47NO11/c1-6-22(7-9-25(31)38-17-15-36-13-11-34-4)27(33)28-20(2)24(30)19-23(21(3)29)8-10-26(32)39-18-16-37-14-12-35-5/h20,22-23H,6-19H2,1-5H3,(H,28,33)/t20-,22-,23?/m0/s1. The fraction of sp³-hybridized carbons (Fsp3) is 0.815. The molecule has 0 bridgehead atoms. The first-order valence-corrected chi connectivity index (χ1v) is 13.4. The predicted octanol–water partition coefficient (Wildman–Crippen LogP) is 1.65. The SMILES string of the molecule is CC[C@@H](CCC(=O)OCCOCCOC)C(=O)N[C@@H](C)C(=O)CC(CCC(=O)OCCOCCOC)C(C)=O. The van der Waals surface area contributed by atoms with Gasteiger partial charge in [0.15, 0.2) is 5.78 Å². The normalized spacial score (nSPS) is 13.3. The van der Waals surface area contributed by atoms with Crippen LogP contribution in [0, 0.1) is 11.8 Å². The van der Waals surface area contributed by atoms with E-state index in [2.05, 4.69) is 5.32 Å². The van der Waals surface area contributed by atoms with Gasteiger partial charge >= 0.3 is 11.9 Å². The van der Waals surface area contributed by atoms with Gasteiger partial charge in [-0.25, -0.2) is 0 Å². The van der Waals surface area contributed by atoms with E-state index >= 15 is 0 Å². The highest BCUT2D eigenvalue weighted by Crippen LogP contribution is 2.16. The lowest BCUT2D eigenvalue weighted by molar-refractivity contribution is -0.146. The number of hydrogen-bond donors (Lipinski definition) is 1. The molecule has 0 aromatic rings. The first-order chi connectivity index (χ1) is 18.7. The van der Waals surface area contributed by atoms with Crippen LogP contribution in [0.5, 0.6) is 0 Å². The second-order valence-corrected chi connectivity index (χ2v) is 9.04. The Morgan fingerprint density at radius 2 is 1.15 bits per heavy atom. The van der Waals surface area contributed by atoms with Gasteiger partial charge in [-0.2, -0.15) is 0 Å². The number of amides is 1. The molecule has 12 heteroatoms. The van der Waals surface area contributed by atoms with Crippen LogP contribution in [0.1, 0.15) is 59.3 Å². The Morgan fingerprint density at radius 1 is 0.692 bits per heavy atom. The molecule has 0 aliphatic carbocycles. The number of hydrogen-bond acceptors (Lipinski definition) is 11. The van der Waals surface area contributed by atoms with Crippen LogP contribution in [0.3, 0.4) is 0 Å². The van der Waals surface area contributed by atoms with Gasteiger partial charge in [0.2, 0.25) is 5.91 Å². The smallest absolute Gasteiger partial charge is 0.305 e. The summed E-state index contributed by atoms with van der Waals surface area (Å²) in [5.74, 6) is -2.90. The highest BCUT2D eigenvalue weighted by atomic mass is 16.6. The Morgan fingerprint density at radius 3 is 1.59 bits per heavy atom. The fourth-order valence-corrected chi connectivity index (χ4v) is 3.45.